The highest BCUT2D eigenvalue weighted by atomic mass is 16.6. The smallest absolute Gasteiger partial charge is 0.169 e. The van der Waals surface area contributed by atoms with Crippen LogP contribution < -0.4 is 0 Å². The van der Waals surface area contributed by atoms with E-state index in [9.17, 15) is 9.90 Å². The molecule has 3 nitrogen and oxygen atoms in total. The van der Waals surface area contributed by atoms with Crippen molar-refractivity contribution in [3.8, 4) is 0 Å². The summed E-state index contributed by atoms with van der Waals surface area (Å²) in [4.78, 5) is 12.4. The molecule has 7 atom stereocenters. The number of allylic oxidation sites excluding steroid dienone is 1. The van der Waals surface area contributed by atoms with Gasteiger partial charge in [-0.1, -0.05) is 56.7 Å². The van der Waals surface area contributed by atoms with Gasteiger partial charge < -0.3 is 9.84 Å². The van der Waals surface area contributed by atoms with Crippen molar-refractivity contribution < 1.29 is 14.6 Å². The summed E-state index contributed by atoms with van der Waals surface area (Å²) >= 11 is 0. The molecule has 0 aliphatic heterocycles. The van der Waals surface area contributed by atoms with Crippen LogP contribution in [0, 0.1) is 34.5 Å². The summed E-state index contributed by atoms with van der Waals surface area (Å²) in [6.45, 7) is 9.30. The van der Waals surface area contributed by atoms with Crippen LogP contribution in [0.15, 0.2) is 35.9 Å². The molecule has 3 unspecified atom stereocenters. The fourth-order valence-corrected chi connectivity index (χ4v) is 8.50. The van der Waals surface area contributed by atoms with Crippen molar-refractivity contribution in [2.24, 2.45) is 34.5 Å². The summed E-state index contributed by atoms with van der Waals surface area (Å²) in [7, 11) is 0. The lowest BCUT2D eigenvalue weighted by Gasteiger charge is -2.58. The van der Waals surface area contributed by atoms with Gasteiger partial charge in [0.15, 0.2) is 5.79 Å². The van der Waals surface area contributed by atoms with E-state index < -0.39 is 5.79 Å². The number of ketones is 1. The number of carbonyl (C=O) groups excluding carboxylic acids is 1. The van der Waals surface area contributed by atoms with Crippen molar-refractivity contribution in [1.82, 2.24) is 0 Å². The van der Waals surface area contributed by atoms with E-state index in [-0.39, 0.29) is 16.7 Å². The molecule has 1 aromatic carbocycles. The van der Waals surface area contributed by atoms with Gasteiger partial charge in [0.1, 0.15) is 5.78 Å². The molecule has 0 bridgehead atoms. The summed E-state index contributed by atoms with van der Waals surface area (Å²) in [5.41, 5.74) is 4.23. The molecule has 4 aliphatic rings. The molecule has 4 aliphatic carbocycles. The molecule has 0 aromatic heterocycles. The normalized spacial score (nSPS) is 42.2. The number of Topliss-reactive ketones (excluding diaryl/α,β-unsaturated/α-hetero) is 1. The molecule has 0 saturated heterocycles. The Balaban J connectivity index is 1.30. The van der Waals surface area contributed by atoms with Crippen LogP contribution in [-0.2, 0) is 22.6 Å². The van der Waals surface area contributed by atoms with Gasteiger partial charge in [0, 0.05) is 18.8 Å². The zero-order valence-electron chi connectivity index (χ0n) is 21.0. The minimum atomic E-state index is -1.06. The van der Waals surface area contributed by atoms with E-state index in [1.165, 1.54) is 30.4 Å². The maximum absolute atomic E-state index is 12.4. The Morgan fingerprint density at radius 3 is 2.45 bits per heavy atom. The van der Waals surface area contributed by atoms with Gasteiger partial charge in [-0.2, -0.15) is 0 Å². The number of fused-ring (bicyclic) bond motifs is 5. The fraction of sp³-hybridized carbons (Fsp3) is 0.700. The Bertz CT molecular complexity index is 932. The van der Waals surface area contributed by atoms with Crippen molar-refractivity contribution in [2.75, 3.05) is 0 Å². The molecule has 1 N–H and O–H groups in total. The van der Waals surface area contributed by atoms with Crippen molar-refractivity contribution in [3.05, 3.63) is 47.0 Å². The second kappa shape index (κ2) is 8.34. The number of hydrogen-bond acceptors (Lipinski definition) is 3. The van der Waals surface area contributed by atoms with Crippen LogP contribution in [0.2, 0.25) is 0 Å². The van der Waals surface area contributed by atoms with Crippen LogP contribution in [0.5, 0.6) is 0 Å². The Hall–Kier alpha value is -1.45. The number of hydrogen-bond donors (Lipinski definition) is 1. The van der Waals surface area contributed by atoms with E-state index in [2.05, 4.69) is 51.1 Å². The molecule has 180 valence electrons. The lowest BCUT2D eigenvalue weighted by Crippen LogP contribution is -2.52. The van der Waals surface area contributed by atoms with Gasteiger partial charge >= 0.3 is 0 Å². The first-order valence-corrected chi connectivity index (χ1v) is 13.3. The van der Waals surface area contributed by atoms with E-state index >= 15 is 0 Å². The Labute approximate surface area is 200 Å². The summed E-state index contributed by atoms with van der Waals surface area (Å²) < 4.78 is 6.16. The monoisotopic (exact) mass is 450 g/mol. The highest BCUT2D eigenvalue weighted by molar-refractivity contribution is 5.79. The van der Waals surface area contributed by atoms with Crippen LogP contribution in [0.4, 0.5) is 0 Å². The van der Waals surface area contributed by atoms with Crippen LogP contribution in [0.25, 0.3) is 0 Å². The van der Waals surface area contributed by atoms with E-state index in [4.69, 9.17) is 4.74 Å². The van der Waals surface area contributed by atoms with Crippen LogP contribution in [-0.4, -0.2) is 16.7 Å². The molecule has 5 rings (SSSR count). The molecular weight excluding hydrogens is 408 g/mol. The molecular formula is C30H42O3. The number of rotatable bonds is 5. The first-order valence-electron chi connectivity index (χ1n) is 13.3. The first kappa shape index (κ1) is 23.3. The first-order chi connectivity index (χ1) is 15.7. The van der Waals surface area contributed by atoms with Crippen LogP contribution >= 0.6 is 0 Å². The third-order valence-corrected chi connectivity index (χ3v) is 10.6. The summed E-state index contributed by atoms with van der Waals surface area (Å²) in [6, 6.07) is 8.55. The quantitative estimate of drug-likeness (QED) is 0.405. The average molecular weight is 451 g/mol. The Morgan fingerprint density at radius 2 is 1.76 bits per heavy atom. The maximum atomic E-state index is 12.4. The predicted molar refractivity (Wildman–Crippen MR) is 131 cm³/mol. The zero-order valence-corrected chi connectivity index (χ0v) is 21.0. The van der Waals surface area contributed by atoms with Crippen molar-refractivity contribution in [2.45, 2.75) is 97.9 Å². The molecule has 3 fully saturated rings. The second-order valence-corrected chi connectivity index (χ2v) is 12.1. The van der Waals surface area contributed by atoms with Gasteiger partial charge in [0.05, 0.1) is 6.61 Å². The molecule has 0 spiro atoms. The van der Waals surface area contributed by atoms with Gasteiger partial charge in [0.25, 0.3) is 0 Å². The van der Waals surface area contributed by atoms with Gasteiger partial charge in [-0.3, -0.25) is 4.79 Å². The second-order valence-electron chi connectivity index (χ2n) is 12.1. The van der Waals surface area contributed by atoms with Gasteiger partial charge in [0.2, 0.25) is 0 Å². The van der Waals surface area contributed by atoms with Crippen molar-refractivity contribution in [3.63, 3.8) is 0 Å². The van der Waals surface area contributed by atoms with E-state index in [0.717, 1.165) is 31.2 Å². The van der Waals surface area contributed by atoms with Crippen molar-refractivity contribution in [1.29, 1.82) is 0 Å². The lowest BCUT2D eigenvalue weighted by atomic mass is 9.47. The maximum Gasteiger partial charge on any atom is 0.169 e. The standard InChI is InChI=1S/C30H42O3/c1-5-21-6-8-22(9-7-21)19-33-30(32)17-16-28(3)23(18-30)10-11-24-26-13-12-25(20(2)31)29(26,4)15-14-27(24)28/h6-10,24-27,32H,5,11-19H2,1-4H3/t24?,25-,26?,27?,28+,29-,30+/m1/s1. The minimum Gasteiger partial charge on any atom is -0.365 e. The van der Waals surface area contributed by atoms with Crippen LogP contribution in [0.3, 0.4) is 0 Å². The molecule has 3 heteroatoms. The van der Waals surface area contributed by atoms with Gasteiger partial charge in [-0.05, 0) is 91.6 Å². The number of ether oxygens (including phenoxy) is 1. The van der Waals surface area contributed by atoms with E-state index in [0.29, 0.717) is 43.0 Å². The van der Waals surface area contributed by atoms with Gasteiger partial charge in [-0.15, -0.1) is 0 Å². The zero-order chi connectivity index (χ0) is 23.4. The van der Waals surface area contributed by atoms with Crippen molar-refractivity contribution >= 4 is 5.78 Å². The third kappa shape index (κ3) is 3.84. The van der Waals surface area contributed by atoms with E-state index in [1.807, 2.05) is 6.92 Å². The SMILES string of the molecule is CCc1ccc(CO[C@@]2(O)CC[C@@]3(C)C(=CCC4C3CC[C@@]3(C)C4CC[C@@H]3C(C)=O)C2)cc1. The number of carbonyl (C=O) groups is 1. The molecule has 1 aromatic rings. The Morgan fingerprint density at radius 1 is 1.03 bits per heavy atom. The summed E-state index contributed by atoms with van der Waals surface area (Å²) in [6.07, 6.45) is 11.6. The number of aliphatic hydroxyl groups is 1. The lowest BCUT2D eigenvalue weighted by molar-refractivity contribution is -0.231. The van der Waals surface area contributed by atoms with Crippen LogP contribution in [0.1, 0.15) is 90.2 Å². The molecule has 0 amide bonds. The third-order valence-electron chi connectivity index (χ3n) is 10.6. The molecule has 3 saturated carbocycles. The number of benzene rings is 1. The predicted octanol–water partition coefficient (Wildman–Crippen LogP) is 6.62. The minimum absolute atomic E-state index is 0.164. The Kier molecular flexibility index (Phi) is 5.89. The average Bonchev–Trinajstić information content (AvgIpc) is 3.16. The summed E-state index contributed by atoms with van der Waals surface area (Å²) in [5.74, 6) is 1.64. The molecule has 33 heavy (non-hydrogen) atoms. The topological polar surface area (TPSA) is 46.5 Å². The van der Waals surface area contributed by atoms with E-state index in [1.54, 1.807) is 0 Å². The molecule has 0 heterocycles. The highest BCUT2D eigenvalue weighted by Crippen LogP contribution is 2.66. The number of aryl methyl sites for hydroxylation is 1. The fourth-order valence-electron chi connectivity index (χ4n) is 8.50. The highest BCUT2D eigenvalue weighted by Gasteiger charge is 2.60. The largest absolute Gasteiger partial charge is 0.365 e. The molecule has 0 radical (unpaired) electrons. The van der Waals surface area contributed by atoms with Gasteiger partial charge in [-0.25, -0.2) is 0 Å². The summed E-state index contributed by atoms with van der Waals surface area (Å²) in [5, 5.41) is 11.4.